The molecule has 6 nitrogen and oxygen atoms in total. The summed E-state index contributed by atoms with van der Waals surface area (Å²) in [5.41, 5.74) is 2.02. The first-order valence-corrected chi connectivity index (χ1v) is 10.4. The summed E-state index contributed by atoms with van der Waals surface area (Å²) in [6.45, 7) is 0.412. The van der Waals surface area contributed by atoms with Crippen LogP contribution in [0.1, 0.15) is 5.56 Å². The number of aryl methyl sites for hydroxylation is 2. The maximum Gasteiger partial charge on any atom is 0.419 e. The molecule has 0 unspecified atom stereocenters. The van der Waals surface area contributed by atoms with Crippen LogP contribution in [0.15, 0.2) is 86.9 Å². The average molecular weight is 412 g/mol. The molecule has 0 bridgehead atoms. The molecular weight excluding hydrogens is 395 g/mol. The molecule has 0 fully saturated rings. The smallest absolute Gasteiger partial charge is 0.408 e. The molecule has 148 valence electrons. The number of fused-ring (bicyclic) bond motifs is 1. The topological polar surface area (TPSA) is 81.3 Å². The van der Waals surface area contributed by atoms with Crippen LogP contribution in [0.5, 0.6) is 0 Å². The van der Waals surface area contributed by atoms with Crippen molar-refractivity contribution < 1.29 is 17.2 Å². The van der Waals surface area contributed by atoms with Gasteiger partial charge in [-0.15, -0.1) is 0 Å². The molecule has 0 amide bonds. The van der Waals surface area contributed by atoms with Gasteiger partial charge in [0.25, 0.3) is 10.0 Å². The van der Waals surface area contributed by atoms with Gasteiger partial charge in [0.15, 0.2) is 5.58 Å². The van der Waals surface area contributed by atoms with Crippen molar-refractivity contribution >= 4 is 26.8 Å². The first kappa shape index (κ1) is 18.9. The molecule has 1 heterocycles. The van der Waals surface area contributed by atoms with Crippen molar-refractivity contribution in [2.75, 3.05) is 4.72 Å². The van der Waals surface area contributed by atoms with E-state index in [4.69, 9.17) is 4.42 Å². The lowest BCUT2D eigenvalue weighted by Crippen LogP contribution is -2.15. The number of sulfonamides is 1. The summed E-state index contributed by atoms with van der Waals surface area (Å²) in [5.74, 6) is -1.01. The number of nitrogens with one attached hydrogen (secondary N) is 1. The van der Waals surface area contributed by atoms with Gasteiger partial charge in [-0.1, -0.05) is 30.3 Å². The molecule has 0 saturated carbocycles. The first-order valence-electron chi connectivity index (χ1n) is 8.88. The summed E-state index contributed by atoms with van der Waals surface area (Å²) < 4.78 is 47.3. The summed E-state index contributed by atoms with van der Waals surface area (Å²) in [6, 6.07) is 18.9. The van der Waals surface area contributed by atoms with E-state index >= 15 is 0 Å². The molecule has 3 aromatic carbocycles. The third-order valence-corrected chi connectivity index (χ3v) is 5.89. The Kier molecular flexibility index (Phi) is 4.94. The normalized spacial score (nSPS) is 11.6. The molecule has 1 aromatic heterocycles. The molecule has 0 radical (unpaired) electrons. The lowest BCUT2D eigenvalue weighted by atomic mass is 10.1. The molecule has 4 aromatic rings. The number of rotatable bonds is 6. The van der Waals surface area contributed by atoms with Crippen molar-refractivity contribution in [3.8, 4) is 0 Å². The molecule has 0 aliphatic heterocycles. The van der Waals surface area contributed by atoms with Crippen molar-refractivity contribution in [3.63, 3.8) is 0 Å². The van der Waals surface area contributed by atoms with E-state index in [-0.39, 0.29) is 16.2 Å². The van der Waals surface area contributed by atoms with Gasteiger partial charge in [-0.3, -0.25) is 9.29 Å². The van der Waals surface area contributed by atoms with E-state index in [9.17, 15) is 17.6 Å². The predicted molar refractivity (Wildman–Crippen MR) is 108 cm³/mol. The van der Waals surface area contributed by atoms with Crippen LogP contribution in [-0.4, -0.2) is 13.0 Å². The molecule has 1 N–H and O–H groups in total. The number of nitrogens with zero attached hydrogens (tertiary/aromatic N) is 1. The van der Waals surface area contributed by atoms with Gasteiger partial charge in [-0.25, -0.2) is 17.6 Å². The zero-order chi connectivity index (χ0) is 20.4. The fraction of sp³-hybridized carbons (Fsp3) is 0.0952. The van der Waals surface area contributed by atoms with Gasteiger partial charge in [0, 0.05) is 18.3 Å². The molecule has 4 rings (SSSR count). The van der Waals surface area contributed by atoms with Gasteiger partial charge in [0.1, 0.15) is 5.82 Å². The maximum absolute atomic E-state index is 13.0. The van der Waals surface area contributed by atoms with E-state index in [1.165, 1.54) is 28.8 Å². The third-order valence-electron chi connectivity index (χ3n) is 4.51. The van der Waals surface area contributed by atoms with Crippen LogP contribution in [0.2, 0.25) is 0 Å². The zero-order valence-electron chi connectivity index (χ0n) is 15.2. The van der Waals surface area contributed by atoms with Crippen molar-refractivity contribution in [1.29, 1.82) is 0 Å². The van der Waals surface area contributed by atoms with Crippen molar-refractivity contribution in [2.45, 2.75) is 17.9 Å². The second-order valence-corrected chi connectivity index (χ2v) is 8.18. The monoisotopic (exact) mass is 412 g/mol. The molecule has 0 saturated heterocycles. The van der Waals surface area contributed by atoms with Crippen LogP contribution in [-0.2, 0) is 23.0 Å². The molecule has 0 aliphatic carbocycles. The summed E-state index contributed by atoms with van der Waals surface area (Å²) in [4.78, 5) is 12.2. The Labute approximate surface area is 166 Å². The Morgan fingerprint density at radius 3 is 2.41 bits per heavy atom. The van der Waals surface area contributed by atoms with Crippen LogP contribution >= 0.6 is 0 Å². The zero-order valence-corrected chi connectivity index (χ0v) is 16.0. The van der Waals surface area contributed by atoms with Gasteiger partial charge >= 0.3 is 5.76 Å². The molecule has 0 aliphatic rings. The number of anilines is 1. The minimum atomic E-state index is -3.92. The number of aromatic nitrogens is 1. The van der Waals surface area contributed by atoms with Crippen molar-refractivity contribution in [3.05, 3.63) is 94.7 Å². The Bertz CT molecular complexity index is 1310. The van der Waals surface area contributed by atoms with E-state index < -0.39 is 21.6 Å². The van der Waals surface area contributed by atoms with E-state index in [1.54, 1.807) is 6.07 Å². The van der Waals surface area contributed by atoms with Crippen molar-refractivity contribution in [2.24, 2.45) is 0 Å². The lowest BCUT2D eigenvalue weighted by Gasteiger charge is -2.08. The minimum absolute atomic E-state index is 0.0571. The largest absolute Gasteiger partial charge is 0.419 e. The minimum Gasteiger partial charge on any atom is -0.408 e. The van der Waals surface area contributed by atoms with Gasteiger partial charge < -0.3 is 4.42 Å². The second-order valence-electron chi connectivity index (χ2n) is 6.50. The van der Waals surface area contributed by atoms with E-state index in [0.29, 0.717) is 18.5 Å². The van der Waals surface area contributed by atoms with Gasteiger partial charge in [0.05, 0.1) is 10.4 Å². The Hall–Kier alpha value is -3.39. The highest BCUT2D eigenvalue weighted by Gasteiger charge is 2.18. The second kappa shape index (κ2) is 7.56. The number of halogens is 1. The fourth-order valence-electron chi connectivity index (χ4n) is 3.04. The Morgan fingerprint density at radius 1 is 0.966 bits per heavy atom. The SMILES string of the molecule is O=c1oc2cc(S(=O)(=O)Nc3ccc(F)cc3)ccc2n1CCc1ccccc1. The fourth-order valence-corrected chi connectivity index (χ4v) is 4.12. The summed E-state index contributed by atoms with van der Waals surface area (Å²) >= 11 is 0. The highest BCUT2D eigenvalue weighted by Crippen LogP contribution is 2.21. The predicted octanol–water partition coefficient (Wildman–Crippen LogP) is 3.78. The van der Waals surface area contributed by atoms with Crippen LogP contribution < -0.4 is 10.5 Å². The molecular formula is C21H17FN2O4S. The average Bonchev–Trinajstić information content (AvgIpc) is 3.03. The molecule has 8 heteroatoms. The molecule has 0 spiro atoms. The highest BCUT2D eigenvalue weighted by molar-refractivity contribution is 7.92. The number of benzene rings is 3. The quantitative estimate of drug-likeness (QED) is 0.523. The maximum atomic E-state index is 13.0. The van der Waals surface area contributed by atoms with Gasteiger partial charge in [-0.05, 0) is 48.4 Å². The first-order chi connectivity index (χ1) is 13.9. The Balaban J connectivity index is 1.61. The third kappa shape index (κ3) is 4.07. The standard InChI is InChI=1S/C21H17FN2O4S/c22-16-6-8-17(9-7-16)23-29(26,27)18-10-11-19-20(14-18)28-21(25)24(19)13-12-15-4-2-1-3-5-15/h1-11,14,23H,12-13H2. The van der Waals surface area contributed by atoms with E-state index in [2.05, 4.69) is 4.72 Å². The van der Waals surface area contributed by atoms with Crippen LogP contribution in [0.4, 0.5) is 10.1 Å². The summed E-state index contributed by atoms with van der Waals surface area (Å²) in [7, 11) is -3.92. The van der Waals surface area contributed by atoms with Gasteiger partial charge in [0.2, 0.25) is 0 Å². The number of hydrogen-bond acceptors (Lipinski definition) is 4. The molecule has 29 heavy (non-hydrogen) atoms. The summed E-state index contributed by atoms with van der Waals surface area (Å²) in [6.07, 6.45) is 0.640. The van der Waals surface area contributed by atoms with Crippen molar-refractivity contribution in [1.82, 2.24) is 4.57 Å². The van der Waals surface area contributed by atoms with Gasteiger partial charge in [-0.2, -0.15) is 0 Å². The van der Waals surface area contributed by atoms with E-state index in [0.717, 1.165) is 17.7 Å². The highest BCUT2D eigenvalue weighted by atomic mass is 32.2. The van der Waals surface area contributed by atoms with Crippen LogP contribution in [0.25, 0.3) is 11.1 Å². The van der Waals surface area contributed by atoms with Crippen LogP contribution in [0.3, 0.4) is 0 Å². The lowest BCUT2D eigenvalue weighted by molar-refractivity contribution is 0.504. The Morgan fingerprint density at radius 2 is 1.69 bits per heavy atom. The molecule has 0 atom stereocenters. The summed E-state index contributed by atoms with van der Waals surface area (Å²) in [5, 5.41) is 0. The van der Waals surface area contributed by atoms with E-state index in [1.807, 2.05) is 30.3 Å². The van der Waals surface area contributed by atoms with Crippen LogP contribution in [0, 0.1) is 5.82 Å². The number of oxazole rings is 1. The number of hydrogen-bond donors (Lipinski definition) is 1.